The van der Waals surface area contributed by atoms with E-state index in [0.717, 1.165) is 5.56 Å². The van der Waals surface area contributed by atoms with E-state index in [0.29, 0.717) is 44.1 Å². The normalized spacial score (nSPS) is 16.1. The fourth-order valence-electron chi connectivity index (χ4n) is 4.19. The van der Waals surface area contributed by atoms with Gasteiger partial charge in [-0.05, 0) is 62.2 Å². The quantitative estimate of drug-likeness (QED) is 0.378. The van der Waals surface area contributed by atoms with Gasteiger partial charge in [0.1, 0.15) is 0 Å². The summed E-state index contributed by atoms with van der Waals surface area (Å²) < 4.78 is 0. The standard InChI is InChI=1S/C27H26Cl3N5OS/c1-34(2)23(17-8-4-6-10-20(17)29)15-31-27(37)33-25-26(36)35(3)22-13-12-16(28)14-19(22)24(32-25)18-9-5-7-11-21(18)30/h4-14,23,25H,15H2,1-3H3,(H2,31,33,37). The molecule has 0 bridgehead atoms. The number of likely N-dealkylation sites (N-methyl/N-ethyl adjacent to an activating group) is 2. The Kier molecular flexibility index (Phi) is 8.72. The molecular weight excluding hydrogens is 549 g/mol. The van der Waals surface area contributed by atoms with Crippen molar-refractivity contribution in [1.82, 2.24) is 15.5 Å². The van der Waals surface area contributed by atoms with E-state index >= 15 is 0 Å². The fourth-order valence-corrected chi connectivity index (χ4v) is 5.04. The number of halogens is 3. The van der Waals surface area contributed by atoms with E-state index < -0.39 is 6.17 Å². The van der Waals surface area contributed by atoms with Crippen LogP contribution in [-0.2, 0) is 4.79 Å². The monoisotopic (exact) mass is 573 g/mol. The summed E-state index contributed by atoms with van der Waals surface area (Å²) in [5, 5.41) is 8.30. The Bertz CT molecular complexity index is 1360. The molecule has 2 unspecified atom stereocenters. The van der Waals surface area contributed by atoms with Gasteiger partial charge in [0.05, 0.1) is 17.4 Å². The highest BCUT2D eigenvalue weighted by Gasteiger charge is 2.31. The summed E-state index contributed by atoms with van der Waals surface area (Å²) in [6.45, 7) is 0.468. The average Bonchev–Trinajstić information content (AvgIpc) is 2.96. The summed E-state index contributed by atoms with van der Waals surface area (Å²) in [5.41, 5.74) is 3.57. The predicted molar refractivity (Wildman–Crippen MR) is 157 cm³/mol. The van der Waals surface area contributed by atoms with Crippen molar-refractivity contribution in [1.29, 1.82) is 0 Å². The number of anilines is 1. The summed E-state index contributed by atoms with van der Waals surface area (Å²) in [6.07, 6.45) is -0.986. The van der Waals surface area contributed by atoms with Crippen LogP contribution in [0, 0.1) is 0 Å². The molecule has 0 saturated carbocycles. The molecule has 1 aliphatic heterocycles. The maximum atomic E-state index is 13.5. The van der Waals surface area contributed by atoms with E-state index in [2.05, 4.69) is 15.5 Å². The lowest BCUT2D eigenvalue weighted by molar-refractivity contribution is -0.119. The molecule has 10 heteroatoms. The van der Waals surface area contributed by atoms with Crippen LogP contribution < -0.4 is 15.5 Å². The van der Waals surface area contributed by atoms with E-state index in [1.807, 2.05) is 56.6 Å². The molecule has 6 nitrogen and oxygen atoms in total. The van der Waals surface area contributed by atoms with Gasteiger partial charge in [0.2, 0.25) is 6.17 Å². The molecular formula is C27H26Cl3N5OS. The highest BCUT2D eigenvalue weighted by atomic mass is 35.5. The molecule has 1 aliphatic rings. The number of nitrogens with one attached hydrogen (secondary N) is 2. The number of benzene rings is 3. The molecule has 3 aromatic carbocycles. The third-order valence-corrected chi connectivity index (χ3v) is 7.31. The fraction of sp³-hybridized carbons (Fsp3) is 0.222. The number of rotatable bonds is 6. The minimum atomic E-state index is -0.986. The number of aliphatic imine (C=N–C) groups is 1. The summed E-state index contributed by atoms with van der Waals surface area (Å²) in [6, 6.07) is 20.3. The van der Waals surface area contributed by atoms with Crippen LogP contribution in [0.2, 0.25) is 15.1 Å². The lowest BCUT2D eigenvalue weighted by Gasteiger charge is -2.27. The summed E-state index contributed by atoms with van der Waals surface area (Å²) >= 11 is 24.9. The zero-order valence-electron chi connectivity index (χ0n) is 20.5. The average molecular weight is 575 g/mol. The van der Waals surface area contributed by atoms with Gasteiger partial charge in [0.25, 0.3) is 5.91 Å². The van der Waals surface area contributed by atoms with Gasteiger partial charge in [-0.2, -0.15) is 0 Å². The second-order valence-corrected chi connectivity index (χ2v) is 10.4. The SMILES string of the molecule is CN1C(=O)C(NC(=S)NCC(c2ccccc2Cl)N(C)C)N=C(c2ccccc2Cl)c2cc(Cl)ccc21. The number of carbonyl (C=O) groups is 1. The number of amides is 1. The molecule has 3 aromatic rings. The molecule has 0 aliphatic carbocycles. The lowest BCUT2D eigenvalue weighted by Crippen LogP contribution is -2.50. The Morgan fingerprint density at radius 2 is 1.70 bits per heavy atom. The smallest absolute Gasteiger partial charge is 0.272 e. The van der Waals surface area contributed by atoms with E-state index in [9.17, 15) is 4.79 Å². The third kappa shape index (κ3) is 6.08. The Morgan fingerprint density at radius 3 is 2.38 bits per heavy atom. The highest BCUT2D eigenvalue weighted by Crippen LogP contribution is 2.32. The van der Waals surface area contributed by atoms with Crippen molar-refractivity contribution in [2.24, 2.45) is 4.99 Å². The molecule has 2 N–H and O–H groups in total. The van der Waals surface area contributed by atoms with Crippen molar-refractivity contribution in [3.8, 4) is 0 Å². The highest BCUT2D eigenvalue weighted by molar-refractivity contribution is 7.80. The van der Waals surface area contributed by atoms with Crippen molar-refractivity contribution in [3.05, 3.63) is 98.5 Å². The van der Waals surface area contributed by atoms with Gasteiger partial charge in [-0.3, -0.25) is 4.79 Å². The van der Waals surface area contributed by atoms with Crippen LogP contribution in [0.4, 0.5) is 5.69 Å². The van der Waals surface area contributed by atoms with E-state index in [-0.39, 0.29) is 17.1 Å². The van der Waals surface area contributed by atoms with Gasteiger partial charge >= 0.3 is 0 Å². The van der Waals surface area contributed by atoms with Crippen LogP contribution in [0.15, 0.2) is 71.7 Å². The molecule has 0 radical (unpaired) electrons. The van der Waals surface area contributed by atoms with Crippen molar-refractivity contribution in [2.45, 2.75) is 12.2 Å². The van der Waals surface area contributed by atoms with Gasteiger partial charge in [0, 0.05) is 39.8 Å². The first-order valence-electron chi connectivity index (χ1n) is 11.5. The Morgan fingerprint density at radius 1 is 1.03 bits per heavy atom. The predicted octanol–water partition coefficient (Wildman–Crippen LogP) is 5.55. The van der Waals surface area contributed by atoms with Crippen LogP contribution in [-0.4, -0.2) is 55.5 Å². The zero-order valence-corrected chi connectivity index (χ0v) is 23.6. The van der Waals surface area contributed by atoms with Crippen LogP contribution in [0.3, 0.4) is 0 Å². The third-order valence-electron chi connectivity index (χ3n) is 6.14. The minimum absolute atomic E-state index is 0.0467. The number of carbonyl (C=O) groups excluding carboxylic acids is 1. The Balaban J connectivity index is 1.63. The largest absolute Gasteiger partial charge is 0.361 e. The van der Waals surface area contributed by atoms with Crippen LogP contribution >= 0.6 is 47.0 Å². The number of thiocarbonyl (C=S) groups is 1. The number of fused-ring (bicyclic) bond motifs is 1. The molecule has 0 fully saturated rings. The molecule has 0 aromatic heterocycles. The van der Waals surface area contributed by atoms with Gasteiger partial charge in [0.15, 0.2) is 5.11 Å². The van der Waals surface area contributed by atoms with Crippen molar-refractivity contribution >= 4 is 69.4 Å². The van der Waals surface area contributed by atoms with Crippen LogP contribution in [0.25, 0.3) is 0 Å². The van der Waals surface area contributed by atoms with E-state index in [1.165, 1.54) is 0 Å². The Labute approximate surface area is 237 Å². The summed E-state index contributed by atoms with van der Waals surface area (Å²) in [5.74, 6) is -0.273. The van der Waals surface area contributed by atoms with Gasteiger partial charge < -0.3 is 20.4 Å². The molecule has 37 heavy (non-hydrogen) atoms. The molecule has 0 saturated heterocycles. The molecule has 2 atom stereocenters. The molecule has 4 rings (SSSR count). The second-order valence-electron chi connectivity index (χ2n) is 8.77. The van der Waals surface area contributed by atoms with Gasteiger partial charge in [-0.15, -0.1) is 0 Å². The van der Waals surface area contributed by atoms with Crippen molar-refractivity contribution in [3.63, 3.8) is 0 Å². The lowest BCUT2D eigenvalue weighted by atomic mass is 10.00. The van der Waals surface area contributed by atoms with Crippen LogP contribution in [0.1, 0.15) is 22.7 Å². The summed E-state index contributed by atoms with van der Waals surface area (Å²) in [4.78, 5) is 21.9. The molecule has 1 amide bonds. The Hall–Kier alpha value is -2.68. The molecule has 0 spiro atoms. The van der Waals surface area contributed by atoms with Crippen molar-refractivity contribution in [2.75, 3.05) is 32.6 Å². The topological polar surface area (TPSA) is 60.0 Å². The van der Waals surface area contributed by atoms with E-state index in [4.69, 9.17) is 52.0 Å². The van der Waals surface area contributed by atoms with Crippen molar-refractivity contribution < 1.29 is 4.79 Å². The van der Waals surface area contributed by atoms with Gasteiger partial charge in [-0.25, -0.2) is 4.99 Å². The maximum absolute atomic E-state index is 13.5. The molecule has 1 heterocycles. The first kappa shape index (κ1) is 27.4. The van der Waals surface area contributed by atoms with Gasteiger partial charge in [-0.1, -0.05) is 71.2 Å². The zero-order chi connectivity index (χ0) is 26.7. The number of hydrogen-bond acceptors (Lipinski definition) is 4. The number of hydrogen-bond donors (Lipinski definition) is 2. The minimum Gasteiger partial charge on any atom is -0.361 e. The number of benzodiazepines with no additional fused rings is 1. The second kappa shape index (κ2) is 11.8. The van der Waals surface area contributed by atoms with Crippen LogP contribution in [0.5, 0.6) is 0 Å². The number of nitrogens with zero attached hydrogens (tertiary/aromatic N) is 3. The van der Waals surface area contributed by atoms with E-state index in [1.54, 1.807) is 36.2 Å². The first-order chi connectivity index (χ1) is 17.7. The summed E-state index contributed by atoms with van der Waals surface area (Å²) in [7, 11) is 5.64. The first-order valence-corrected chi connectivity index (χ1v) is 13.1. The molecule has 192 valence electrons. The maximum Gasteiger partial charge on any atom is 0.272 e.